The summed E-state index contributed by atoms with van der Waals surface area (Å²) in [6, 6.07) is 11.0. The first-order valence-electron chi connectivity index (χ1n) is 10.6. The number of hydrogen-bond donors (Lipinski definition) is 0. The Morgan fingerprint density at radius 2 is 1.48 bits per heavy atom. The van der Waals surface area contributed by atoms with E-state index in [2.05, 4.69) is 6.07 Å². The summed E-state index contributed by atoms with van der Waals surface area (Å²) in [7, 11) is 0. The van der Waals surface area contributed by atoms with Gasteiger partial charge in [0, 0.05) is 30.1 Å². The van der Waals surface area contributed by atoms with E-state index >= 15 is 0 Å². The second kappa shape index (κ2) is 7.69. The molecule has 31 heavy (non-hydrogen) atoms. The molecule has 0 spiro atoms. The molecule has 6 nitrogen and oxygen atoms in total. The van der Waals surface area contributed by atoms with Crippen LogP contribution >= 0.6 is 0 Å². The second-order valence-electron chi connectivity index (χ2n) is 8.13. The van der Waals surface area contributed by atoms with Gasteiger partial charge in [0.2, 0.25) is 0 Å². The Kier molecular flexibility index (Phi) is 5.17. The van der Waals surface area contributed by atoms with Crippen molar-refractivity contribution in [3.63, 3.8) is 0 Å². The van der Waals surface area contributed by atoms with Crippen LogP contribution in [0.4, 0.5) is 0 Å². The van der Waals surface area contributed by atoms with Crippen molar-refractivity contribution < 1.29 is 4.79 Å². The topological polar surface area (TPSA) is 66.0 Å². The van der Waals surface area contributed by atoms with Crippen molar-refractivity contribution in [2.45, 2.75) is 54.3 Å². The molecular formula is C25H27N3O3. The molecule has 2 heterocycles. The van der Waals surface area contributed by atoms with Gasteiger partial charge >= 0.3 is 5.69 Å². The Bertz CT molecular complexity index is 1470. The summed E-state index contributed by atoms with van der Waals surface area (Å²) in [4.78, 5) is 38.6. The van der Waals surface area contributed by atoms with Crippen molar-refractivity contribution in [1.82, 2.24) is 13.7 Å². The molecule has 0 aliphatic carbocycles. The molecule has 0 bridgehead atoms. The van der Waals surface area contributed by atoms with E-state index < -0.39 is 0 Å². The maximum Gasteiger partial charge on any atom is 0.329 e. The number of Topliss-reactive ketones (excluding diaryl/α,β-unsaturated/α-hetero) is 1. The number of carbonyl (C=O) groups is 1. The van der Waals surface area contributed by atoms with Crippen LogP contribution < -0.4 is 11.2 Å². The number of ketones is 1. The van der Waals surface area contributed by atoms with Crippen LogP contribution in [-0.4, -0.2) is 19.5 Å². The quantitative estimate of drug-likeness (QED) is 0.462. The minimum Gasteiger partial charge on any atom is -0.300 e. The van der Waals surface area contributed by atoms with Gasteiger partial charge in [0.05, 0.1) is 23.1 Å². The molecule has 0 fully saturated rings. The zero-order valence-electron chi connectivity index (χ0n) is 18.7. The van der Waals surface area contributed by atoms with Crippen LogP contribution in [0.15, 0.2) is 46.0 Å². The van der Waals surface area contributed by atoms with Crippen molar-refractivity contribution >= 4 is 27.7 Å². The SMILES string of the molecule is CCn1c(=O)n(CC)c2cc(C(=O)Cn3c(=O)cc(C)c4cc(C)cc(C)c43)ccc21. The van der Waals surface area contributed by atoms with Gasteiger partial charge in [-0.25, -0.2) is 4.79 Å². The summed E-state index contributed by atoms with van der Waals surface area (Å²) in [5, 5.41) is 0.986. The van der Waals surface area contributed by atoms with Crippen molar-refractivity contribution in [3.8, 4) is 0 Å². The van der Waals surface area contributed by atoms with E-state index in [0.29, 0.717) is 18.7 Å². The van der Waals surface area contributed by atoms with Crippen LogP contribution in [0.1, 0.15) is 40.9 Å². The third kappa shape index (κ3) is 3.32. The zero-order valence-corrected chi connectivity index (χ0v) is 18.7. The number of carbonyl (C=O) groups excluding carboxylic acids is 1. The molecule has 0 aliphatic heterocycles. The predicted molar refractivity (Wildman–Crippen MR) is 124 cm³/mol. The third-order valence-electron chi connectivity index (χ3n) is 6.02. The molecule has 2 aromatic carbocycles. The highest BCUT2D eigenvalue weighted by Crippen LogP contribution is 2.23. The molecule has 0 saturated carbocycles. The number of aryl methyl sites for hydroxylation is 5. The first-order valence-corrected chi connectivity index (χ1v) is 10.6. The molecule has 0 atom stereocenters. The zero-order chi connectivity index (χ0) is 22.4. The van der Waals surface area contributed by atoms with Gasteiger partial charge in [-0.05, 0) is 70.0 Å². The molecule has 4 rings (SSSR count). The molecule has 0 N–H and O–H groups in total. The molecule has 0 unspecified atom stereocenters. The number of hydrogen-bond acceptors (Lipinski definition) is 3. The molecular weight excluding hydrogens is 390 g/mol. The van der Waals surface area contributed by atoms with E-state index in [1.807, 2.05) is 46.8 Å². The van der Waals surface area contributed by atoms with Gasteiger partial charge < -0.3 is 4.57 Å². The summed E-state index contributed by atoms with van der Waals surface area (Å²) in [5.74, 6) is -0.159. The second-order valence-corrected chi connectivity index (χ2v) is 8.13. The number of aromatic nitrogens is 3. The minimum atomic E-state index is -0.186. The molecule has 0 radical (unpaired) electrons. The molecule has 0 saturated heterocycles. The highest BCUT2D eigenvalue weighted by atomic mass is 16.2. The number of benzene rings is 2. The van der Waals surface area contributed by atoms with Gasteiger partial charge in [0.15, 0.2) is 5.78 Å². The summed E-state index contributed by atoms with van der Waals surface area (Å²) < 4.78 is 4.94. The lowest BCUT2D eigenvalue weighted by Gasteiger charge is -2.15. The van der Waals surface area contributed by atoms with Crippen molar-refractivity contribution in [1.29, 1.82) is 0 Å². The van der Waals surface area contributed by atoms with E-state index in [4.69, 9.17) is 0 Å². The average molecular weight is 418 g/mol. The number of fused-ring (bicyclic) bond motifs is 2. The van der Waals surface area contributed by atoms with E-state index in [0.717, 1.165) is 38.6 Å². The maximum atomic E-state index is 13.2. The highest BCUT2D eigenvalue weighted by molar-refractivity contribution is 5.99. The number of imidazole rings is 1. The fraction of sp³-hybridized carbons (Fsp3) is 0.320. The van der Waals surface area contributed by atoms with Gasteiger partial charge in [-0.2, -0.15) is 0 Å². The molecule has 0 aliphatic rings. The first-order chi connectivity index (χ1) is 14.8. The van der Waals surface area contributed by atoms with Gasteiger partial charge in [0.25, 0.3) is 5.56 Å². The van der Waals surface area contributed by atoms with Crippen molar-refractivity contribution in [2.75, 3.05) is 0 Å². The summed E-state index contributed by atoms with van der Waals surface area (Å²) >= 11 is 0. The predicted octanol–water partition coefficient (Wildman–Crippen LogP) is 3.97. The van der Waals surface area contributed by atoms with Crippen molar-refractivity contribution in [2.24, 2.45) is 0 Å². The monoisotopic (exact) mass is 417 g/mol. The fourth-order valence-electron chi connectivity index (χ4n) is 4.57. The summed E-state index contributed by atoms with van der Waals surface area (Å²) in [6.07, 6.45) is 0. The minimum absolute atomic E-state index is 0.0458. The Morgan fingerprint density at radius 3 is 2.16 bits per heavy atom. The summed E-state index contributed by atoms with van der Waals surface area (Å²) in [5.41, 5.74) is 5.59. The van der Waals surface area contributed by atoms with Crippen LogP contribution in [0.3, 0.4) is 0 Å². The fourth-order valence-corrected chi connectivity index (χ4v) is 4.57. The standard InChI is InChI=1S/C25H27N3O3/c1-6-26-20-9-8-18(13-21(20)27(7-2)25(26)31)22(29)14-28-23(30)12-16(4)19-11-15(3)10-17(5)24(19)28/h8-13H,6-7,14H2,1-5H3. The van der Waals surface area contributed by atoms with Crippen LogP contribution in [-0.2, 0) is 19.6 Å². The summed E-state index contributed by atoms with van der Waals surface area (Å²) in [6.45, 7) is 10.8. The van der Waals surface area contributed by atoms with Gasteiger partial charge in [0.1, 0.15) is 0 Å². The van der Waals surface area contributed by atoms with E-state index in [1.165, 1.54) is 0 Å². The largest absolute Gasteiger partial charge is 0.329 e. The highest BCUT2D eigenvalue weighted by Gasteiger charge is 2.17. The van der Waals surface area contributed by atoms with E-state index in [9.17, 15) is 14.4 Å². The van der Waals surface area contributed by atoms with Gasteiger partial charge in [-0.15, -0.1) is 0 Å². The smallest absolute Gasteiger partial charge is 0.300 e. The molecule has 2 aromatic heterocycles. The molecule has 0 amide bonds. The van der Waals surface area contributed by atoms with Gasteiger partial charge in [-0.3, -0.25) is 18.7 Å². The van der Waals surface area contributed by atoms with Crippen LogP contribution in [0.5, 0.6) is 0 Å². The lowest BCUT2D eigenvalue weighted by atomic mass is 10.0. The Hall–Kier alpha value is -3.41. The Labute approximate surface area is 180 Å². The normalized spacial score (nSPS) is 11.5. The first kappa shape index (κ1) is 20.8. The number of rotatable bonds is 5. The van der Waals surface area contributed by atoms with Crippen LogP contribution in [0, 0.1) is 20.8 Å². The lowest BCUT2D eigenvalue weighted by molar-refractivity contribution is 0.0972. The number of nitrogens with zero attached hydrogens (tertiary/aromatic N) is 3. The van der Waals surface area contributed by atoms with Crippen LogP contribution in [0.2, 0.25) is 0 Å². The molecule has 4 aromatic rings. The van der Waals surface area contributed by atoms with E-state index in [-0.39, 0.29) is 23.6 Å². The maximum absolute atomic E-state index is 13.2. The van der Waals surface area contributed by atoms with Crippen molar-refractivity contribution in [3.05, 3.63) is 79.5 Å². The molecule has 6 heteroatoms. The number of pyridine rings is 1. The van der Waals surface area contributed by atoms with Gasteiger partial charge in [-0.1, -0.05) is 11.6 Å². The molecule has 160 valence electrons. The third-order valence-corrected chi connectivity index (χ3v) is 6.02. The van der Waals surface area contributed by atoms with E-state index in [1.54, 1.807) is 31.9 Å². The lowest BCUT2D eigenvalue weighted by Crippen LogP contribution is -2.25. The Balaban J connectivity index is 1.84. The average Bonchev–Trinajstić information content (AvgIpc) is 3.00. The Morgan fingerprint density at radius 1 is 0.806 bits per heavy atom. The van der Waals surface area contributed by atoms with Crippen LogP contribution in [0.25, 0.3) is 21.9 Å².